The Morgan fingerprint density at radius 1 is 0.230 bits per heavy atom. The van der Waals surface area contributed by atoms with Crippen molar-refractivity contribution in [2.24, 2.45) is 0 Å². The van der Waals surface area contributed by atoms with Crippen LogP contribution in [0.5, 0.6) is 11.5 Å². The highest BCUT2D eigenvalue weighted by molar-refractivity contribution is 8.00. The molecule has 638 valence electrons. The Labute approximate surface area is 798 Å². The van der Waals surface area contributed by atoms with Gasteiger partial charge in [-0.15, -0.1) is 0 Å². The quantitative estimate of drug-likeness (QED) is 0.0956. The van der Waals surface area contributed by atoms with Gasteiger partial charge in [-0.1, -0.05) is 411 Å². The second-order valence-electron chi connectivity index (χ2n) is 37.9. The molecule has 135 heavy (non-hydrogen) atoms. The third-order valence-corrected chi connectivity index (χ3v) is 39.7. The molecule has 0 saturated heterocycles. The van der Waals surface area contributed by atoms with Gasteiger partial charge in [0.15, 0.2) is 8.07 Å². The zero-order valence-electron chi connectivity index (χ0n) is 75.6. The largest absolute Gasteiger partial charge is 0.458 e. The van der Waals surface area contributed by atoms with Crippen LogP contribution in [0.15, 0.2) is 453 Å². The van der Waals surface area contributed by atoms with Crippen molar-refractivity contribution in [2.75, 3.05) is 31.9 Å². The molecule has 0 atom stereocenters. The highest BCUT2D eigenvalue weighted by Gasteiger charge is 2.50. The minimum absolute atomic E-state index is 0.0341. The lowest BCUT2D eigenvalue weighted by Gasteiger charge is -2.42. The minimum Gasteiger partial charge on any atom is -0.458 e. The molecular formula is C120H93B5N6OSSi2. The van der Waals surface area contributed by atoms with E-state index in [1.807, 2.05) is 23.9 Å². The van der Waals surface area contributed by atoms with E-state index < -0.39 is 16.1 Å². The Morgan fingerprint density at radius 2 is 0.541 bits per heavy atom. The van der Waals surface area contributed by atoms with Crippen LogP contribution in [-0.4, -0.2) is 49.7 Å². The Bertz CT molecular complexity index is 7180. The van der Waals surface area contributed by atoms with Gasteiger partial charge in [0.2, 0.25) is 20.1 Å². The summed E-state index contributed by atoms with van der Waals surface area (Å²) in [6, 6.07) is 160. The Kier molecular flexibility index (Phi) is 20.2. The van der Waals surface area contributed by atoms with Gasteiger partial charge in [0, 0.05) is 83.5 Å². The number of rotatable bonds is 2. The molecule has 0 fully saturated rings. The number of ether oxygens (including phenoxy) is 1. The van der Waals surface area contributed by atoms with E-state index >= 15 is 0 Å². The molecule has 7 nitrogen and oxygen atoms in total. The average molecular weight is 1780 g/mol. The van der Waals surface area contributed by atoms with Gasteiger partial charge in [-0.2, -0.15) is 0 Å². The van der Waals surface area contributed by atoms with Crippen molar-refractivity contribution >= 4 is 243 Å². The molecule has 11 aliphatic heterocycles. The molecule has 0 radical (unpaired) electrons. The molecule has 0 unspecified atom stereocenters. The first-order valence-electron chi connectivity index (χ1n) is 47.3. The fraction of sp³-hybridized carbons (Fsp3) is 0.0500. The molecule has 15 heteroatoms. The van der Waals surface area contributed by atoms with Crippen molar-refractivity contribution in [3.8, 4) is 11.5 Å². The van der Waals surface area contributed by atoms with Crippen LogP contribution in [0.3, 0.4) is 0 Å². The average Bonchev–Trinajstić information content (AvgIpc) is 0.701. The lowest BCUT2D eigenvalue weighted by atomic mass is 9.30. The molecule has 0 amide bonds. The molecule has 0 bridgehead atoms. The lowest BCUT2D eigenvalue weighted by Crippen LogP contribution is -2.77. The Hall–Kier alpha value is -15.1. The van der Waals surface area contributed by atoms with Crippen LogP contribution in [0.2, 0.25) is 13.1 Å². The SMILES string of the molecule is CC1(C)c2ccccc2B2c3ccccc3Nc3cccc1c32.C[Si]1(C)c2ccccc2B2c3ccccc3Nc3cccc1c32.c1ccc([Si]2(c3ccccc3)c3ccccc3Cc3ccccc32)cc1.c1ccc2c(c1)Nc1cccc3c1B2c1ccccc1N3.c1ccc2c(c1)Nc1cccc3c1B2c1ccccc1O3.c1ccc2c(c1)Nc1cccc3c1B2c1ccccc1S3. The predicted molar refractivity (Wildman–Crippen MR) is 586 cm³/mol. The summed E-state index contributed by atoms with van der Waals surface area (Å²) < 4.78 is 6.10. The van der Waals surface area contributed by atoms with Gasteiger partial charge < -0.3 is 36.6 Å². The third kappa shape index (κ3) is 13.5. The second-order valence-corrected chi connectivity index (χ2v) is 47.0. The van der Waals surface area contributed by atoms with Gasteiger partial charge in [-0.05, 0) is 212 Å². The number of fused-ring (bicyclic) bond motifs is 22. The van der Waals surface area contributed by atoms with Crippen LogP contribution in [0.25, 0.3) is 0 Å². The van der Waals surface area contributed by atoms with Crippen LogP contribution < -0.4 is 150 Å². The van der Waals surface area contributed by atoms with Crippen molar-refractivity contribution in [2.45, 2.75) is 48.6 Å². The zero-order valence-corrected chi connectivity index (χ0v) is 78.4. The molecule has 6 N–H and O–H groups in total. The monoisotopic (exact) mass is 1780 g/mol. The normalized spacial score (nSPS) is 14.5. The second kappa shape index (κ2) is 33.3. The maximum absolute atomic E-state index is 6.10. The van der Waals surface area contributed by atoms with E-state index in [1.54, 1.807) is 10.4 Å². The number of hydrogen-bond donors (Lipinski definition) is 6. The summed E-state index contributed by atoms with van der Waals surface area (Å²) in [4.78, 5) is 2.75. The fourth-order valence-corrected chi connectivity index (χ4v) is 33.7. The van der Waals surface area contributed by atoms with E-state index in [4.69, 9.17) is 4.74 Å². The highest BCUT2D eigenvalue weighted by Crippen LogP contribution is 2.40. The van der Waals surface area contributed by atoms with E-state index in [0.717, 1.165) is 23.6 Å². The molecule has 30 rings (SSSR count). The van der Waals surface area contributed by atoms with Crippen molar-refractivity contribution in [1.29, 1.82) is 0 Å². The molecule has 19 aromatic rings. The first-order chi connectivity index (χ1) is 66.5. The first kappa shape index (κ1) is 81.8. The molecule has 11 aliphatic rings. The summed E-state index contributed by atoms with van der Waals surface area (Å²) >= 11 is 1.88. The van der Waals surface area contributed by atoms with Crippen molar-refractivity contribution in [3.63, 3.8) is 0 Å². The van der Waals surface area contributed by atoms with E-state index in [1.165, 1.54) is 197 Å². The summed E-state index contributed by atoms with van der Waals surface area (Å²) in [6.07, 6.45) is 1.03. The Morgan fingerprint density at radius 3 is 1.07 bits per heavy atom. The number of para-hydroxylation sites is 7. The highest BCUT2D eigenvalue weighted by atomic mass is 32.2. The van der Waals surface area contributed by atoms with Gasteiger partial charge >= 0.3 is 0 Å². The number of anilines is 12. The van der Waals surface area contributed by atoms with Crippen LogP contribution in [0, 0.1) is 0 Å². The van der Waals surface area contributed by atoms with E-state index in [-0.39, 0.29) is 12.1 Å². The summed E-state index contributed by atoms with van der Waals surface area (Å²) in [6.45, 7) is 11.3. The van der Waals surface area contributed by atoms with Gasteiger partial charge in [0.1, 0.15) is 19.6 Å². The summed E-state index contributed by atoms with van der Waals surface area (Å²) in [7, 11) is -3.92. The maximum Gasteiger partial charge on any atom is 0.256 e. The number of nitrogens with one attached hydrogen (secondary N) is 6. The maximum atomic E-state index is 6.10. The van der Waals surface area contributed by atoms with E-state index in [2.05, 4.69) is 490 Å². The number of hydrogen-bond acceptors (Lipinski definition) is 8. The van der Waals surface area contributed by atoms with E-state index in [0.29, 0.717) is 26.9 Å². The smallest absolute Gasteiger partial charge is 0.256 e. The minimum atomic E-state index is -2.28. The fourth-order valence-electron chi connectivity index (χ4n) is 24.1. The molecule has 19 aromatic carbocycles. The van der Waals surface area contributed by atoms with Crippen LogP contribution in [0.4, 0.5) is 68.2 Å². The number of benzene rings is 19. The lowest BCUT2D eigenvalue weighted by molar-refractivity contribution is 0.487. The molecule has 11 heterocycles. The molecule has 0 aromatic heterocycles. The topological polar surface area (TPSA) is 81.4 Å². The first-order valence-corrected chi connectivity index (χ1v) is 53.1. The van der Waals surface area contributed by atoms with Crippen molar-refractivity contribution in [1.82, 2.24) is 0 Å². The van der Waals surface area contributed by atoms with Crippen LogP contribution in [0.1, 0.15) is 36.1 Å². The van der Waals surface area contributed by atoms with Crippen molar-refractivity contribution < 1.29 is 4.74 Å². The molecule has 0 aliphatic carbocycles. The van der Waals surface area contributed by atoms with Crippen LogP contribution >= 0.6 is 11.8 Å². The predicted octanol–water partition coefficient (Wildman–Crippen LogP) is 14.7. The van der Waals surface area contributed by atoms with Gasteiger partial charge in [0.25, 0.3) is 13.4 Å². The van der Waals surface area contributed by atoms with Gasteiger partial charge in [-0.3, -0.25) is 0 Å². The summed E-state index contributed by atoms with van der Waals surface area (Å²) in [5, 5.41) is 30.8. The summed E-state index contributed by atoms with van der Waals surface area (Å²) in [5.74, 6) is 1.92. The van der Waals surface area contributed by atoms with Gasteiger partial charge in [-0.25, -0.2) is 0 Å². The molecule has 0 spiro atoms. The molecule has 0 saturated carbocycles. The molecular weight excluding hydrogens is 1680 g/mol. The van der Waals surface area contributed by atoms with Crippen LogP contribution in [-0.2, 0) is 11.8 Å². The Balaban J connectivity index is 0.0000000865. The standard InChI is InChI=1S/C25H20Si.C21H18BN.C20H18BNSi.C18H13BN2.C18H12BNO.C18H12BNS/c1-3-13-22(14-4-1)26(23-15-5-2-6-16-23)24-17-9-7-11-20(24)19-21-12-8-10-18-25(21)26;1-21(2)14-8-3-4-10-16(14)22-17-11-5-6-12-18(17)23-19-13-7-9-15(21)20(19)22;1-23(2)18-12-6-4-9-15(18)21-14-8-3-5-10-16(14)22-17-11-7-13-19(23)20(17)21;1-3-8-14-12(6-1)19-13-7-2-4-9-15(13)21-17-11-5-10-16(20-14)18(17)19;2*1-3-8-14-12(6-1)19-13-7-2-4-10-16(13)21-17-11-5-9-15(20-14)18(17)19/h1-18H,19H2;3-13,23H,1-2H3;3-13,22H,1-2H3;1-11,20-21H;2*1-11,20H. The zero-order chi connectivity index (χ0) is 90.0. The summed E-state index contributed by atoms with van der Waals surface area (Å²) in [5.41, 5.74) is 41.4. The van der Waals surface area contributed by atoms with E-state index in [9.17, 15) is 0 Å². The van der Waals surface area contributed by atoms with Crippen molar-refractivity contribution in [3.05, 3.63) is 465 Å². The van der Waals surface area contributed by atoms with Gasteiger partial charge in [0.05, 0.1) is 0 Å². The third-order valence-electron chi connectivity index (χ3n) is 29.9.